The first-order valence-electron chi connectivity index (χ1n) is 4.04. The van der Waals surface area contributed by atoms with Crippen LogP contribution in [0.25, 0.3) is 0 Å². The van der Waals surface area contributed by atoms with Crippen molar-refractivity contribution in [3.05, 3.63) is 34.9 Å². The first-order valence-corrected chi connectivity index (χ1v) is 4.04. The van der Waals surface area contributed by atoms with Gasteiger partial charge in [-0.3, -0.25) is 19.6 Å². The number of primary amides is 1. The van der Waals surface area contributed by atoms with Gasteiger partial charge in [0.15, 0.2) is 0 Å². The third-order valence-electron chi connectivity index (χ3n) is 2.15. The Morgan fingerprint density at radius 3 is 2.40 bits per heavy atom. The molecule has 6 heteroatoms. The number of imide groups is 1. The fraction of sp³-hybridized carbons (Fsp3) is 0. The Hall–Kier alpha value is -2.21. The van der Waals surface area contributed by atoms with Gasteiger partial charge in [-0.2, -0.15) is 0 Å². The molecule has 3 N–H and O–H groups in total. The lowest BCUT2D eigenvalue weighted by molar-refractivity contribution is -0.0327. The van der Waals surface area contributed by atoms with Crippen LogP contribution in [0.2, 0.25) is 0 Å². The van der Waals surface area contributed by atoms with Gasteiger partial charge >= 0.3 is 0 Å². The van der Waals surface area contributed by atoms with E-state index >= 15 is 0 Å². The Bertz CT molecular complexity index is 495. The first-order chi connectivity index (χ1) is 7.02. The molecule has 15 heavy (non-hydrogen) atoms. The topological polar surface area (TPSA) is 101 Å². The van der Waals surface area contributed by atoms with E-state index in [1.807, 2.05) is 0 Å². The molecule has 0 saturated heterocycles. The third kappa shape index (κ3) is 1.19. The van der Waals surface area contributed by atoms with Crippen LogP contribution in [0.3, 0.4) is 0 Å². The zero-order chi connectivity index (χ0) is 11.2. The van der Waals surface area contributed by atoms with Crippen molar-refractivity contribution in [3.8, 4) is 0 Å². The highest BCUT2D eigenvalue weighted by Gasteiger charge is 2.35. The normalized spacial score (nSPS) is 14.3. The minimum Gasteiger partial charge on any atom is -0.366 e. The third-order valence-corrected chi connectivity index (χ3v) is 2.15. The molecule has 1 aliphatic heterocycles. The predicted molar refractivity (Wildman–Crippen MR) is 47.2 cm³/mol. The van der Waals surface area contributed by atoms with E-state index in [1.165, 1.54) is 18.2 Å². The fourth-order valence-corrected chi connectivity index (χ4v) is 1.38. The second-order valence-electron chi connectivity index (χ2n) is 3.05. The van der Waals surface area contributed by atoms with Crippen molar-refractivity contribution in [1.82, 2.24) is 5.06 Å². The summed E-state index contributed by atoms with van der Waals surface area (Å²) in [7, 11) is 0. The van der Waals surface area contributed by atoms with E-state index in [-0.39, 0.29) is 21.8 Å². The number of benzene rings is 1. The summed E-state index contributed by atoms with van der Waals surface area (Å²) in [5.74, 6) is -2.35. The van der Waals surface area contributed by atoms with Crippen molar-refractivity contribution in [2.45, 2.75) is 0 Å². The summed E-state index contributed by atoms with van der Waals surface area (Å²) < 4.78 is 0. The number of nitrogens with two attached hydrogens (primary N) is 1. The molecule has 2 rings (SSSR count). The minimum absolute atomic E-state index is 0.00937. The molecule has 0 atom stereocenters. The molecule has 0 unspecified atom stereocenters. The summed E-state index contributed by atoms with van der Waals surface area (Å²) in [5.41, 5.74) is 5.17. The standard InChI is InChI=1S/C9H6N2O4/c10-7(12)4-1-2-5-6(3-4)9(14)11(15)8(5)13/h1-3,15H,(H2,10,12). The number of carbonyl (C=O) groups is 3. The van der Waals surface area contributed by atoms with Gasteiger partial charge < -0.3 is 5.73 Å². The van der Waals surface area contributed by atoms with Gasteiger partial charge in [0.2, 0.25) is 5.91 Å². The number of hydrogen-bond acceptors (Lipinski definition) is 4. The van der Waals surface area contributed by atoms with Gasteiger partial charge in [-0.05, 0) is 18.2 Å². The van der Waals surface area contributed by atoms with Crippen LogP contribution in [0.4, 0.5) is 0 Å². The van der Waals surface area contributed by atoms with E-state index in [4.69, 9.17) is 10.9 Å². The van der Waals surface area contributed by atoms with E-state index < -0.39 is 17.7 Å². The monoisotopic (exact) mass is 206 g/mol. The molecule has 1 aromatic carbocycles. The molecule has 0 aromatic heterocycles. The second kappa shape index (κ2) is 2.89. The van der Waals surface area contributed by atoms with Crippen LogP contribution >= 0.6 is 0 Å². The van der Waals surface area contributed by atoms with Crippen LogP contribution in [0.15, 0.2) is 18.2 Å². The minimum atomic E-state index is -0.849. The Labute approximate surface area is 83.9 Å². The number of amides is 3. The summed E-state index contributed by atoms with van der Waals surface area (Å²) in [5, 5.41) is 9.04. The molecule has 3 amide bonds. The van der Waals surface area contributed by atoms with E-state index in [2.05, 4.69) is 0 Å². The van der Waals surface area contributed by atoms with Gasteiger partial charge in [0.25, 0.3) is 11.8 Å². The van der Waals surface area contributed by atoms with Gasteiger partial charge in [0.1, 0.15) is 0 Å². The van der Waals surface area contributed by atoms with E-state index in [0.717, 1.165) is 0 Å². The highest BCUT2D eigenvalue weighted by atomic mass is 16.5. The molecular weight excluding hydrogens is 200 g/mol. The summed E-state index contributed by atoms with van der Waals surface area (Å²) in [4.78, 5) is 33.3. The molecule has 0 radical (unpaired) electrons. The fourth-order valence-electron chi connectivity index (χ4n) is 1.38. The molecule has 76 valence electrons. The zero-order valence-corrected chi connectivity index (χ0v) is 7.43. The van der Waals surface area contributed by atoms with Crippen molar-refractivity contribution in [3.63, 3.8) is 0 Å². The van der Waals surface area contributed by atoms with E-state index in [0.29, 0.717) is 0 Å². The number of fused-ring (bicyclic) bond motifs is 1. The number of hydrogen-bond donors (Lipinski definition) is 2. The smallest absolute Gasteiger partial charge is 0.285 e. The van der Waals surface area contributed by atoms with Gasteiger partial charge in [0.05, 0.1) is 11.1 Å². The van der Waals surface area contributed by atoms with E-state index in [1.54, 1.807) is 0 Å². The van der Waals surface area contributed by atoms with Gasteiger partial charge in [-0.1, -0.05) is 0 Å². The van der Waals surface area contributed by atoms with Crippen LogP contribution in [-0.2, 0) is 0 Å². The van der Waals surface area contributed by atoms with Crippen molar-refractivity contribution < 1.29 is 19.6 Å². The van der Waals surface area contributed by atoms with Crippen LogP contribution in [0.5, 0.6) is 0 Å². The van der Waals surface area contributed by atoms with Crippen molar-refractivity contribution in [2.75, 3.05) is 0 Å². The highest BCUT2D eigenvalue weighted by molar-refractivity contribution is 6.21. The Morgan fingerprint density at radius 2 is 1.80 bits per heavy atom. The number of carbonyl (C=O) groups excluding carboxylic acids is 3. The number of rotatable bonds is 1. The van der Waals surface area contributed by atoms with Gasteiger partial charge in [0, 0.05) is 5.56 Å². The number of nitrogens with zero attached hydrogens (tertiary/aromatic N) is 1. The molecule has 0 saturated carbocycles. The SMILES string of the molecule is NC(=O)c1ccc2c(c1)C(=O)N(O)C2=O. The second-order valence-corrected chi connectivity index (χ2v) is 3.05. The van der Waals surface area contributed by atoms with Crippen molar-refractivity contribution in [1.29, 1.82) is 0 Å². The molecule has 1 aromatic rings. The molecule has 0 bridgehead atoms. The quantitative estimate of drug-likeness (QED) is 0.489. The largest absolute Gasteiger partial charge is 0.366 e. The molecule has 6 nitrogen and oxygen atoms in total. The molecule has 0 spiro atoms. The zero-order valence-electron chi connectivity index (χ0n) is 7.43. The van der Waals surface area contributed by atoms with Crippen LogP contribution < -0.4 is 5.73 Å². The summed E-state index contributed by atoms with van der Waals surface area (Å²) in [6.45, 7) is 0. The van der Waals surface area contributed by atoms with Crippen LogP contribution in [-0.4, -0.2) is 28.0 Å². The van der Waals surface area contributed by atoms with Gasteiger partial charge in [-0.25, -0.2) is 0 Å². The van der Waals surface area contributed by atoms with Crippen LogP contribution in [0, 0.1) is 0 Å². The maximum Gasteiger partial charge on any atom is 0.285 e. The van der Waals surface area contributed by atoms with Gasteiger partial charge in [-0.15, -0.1) is 5.06 Å². The average molecular weight is 206 g/mol. The molecule has 0 fully saturated rings. The Kier molecular flexibility index (Phi) is 1.80. The summed E-state index contributed by atoms with van der Waals surface area (Å²) in [6.07, 6.45) is 0. The van der Waals surface area contributed by atoms with E-state index in [9.17, 15) is 14.4 Å². The molecule has 1 heterocycles. The summed E-state index contributed by atoms with van der Waals surface area (Å²) in [6, 6.07) is 3.80. The molecular formula is C9H6N2O4. The first kappa shape index (κ1) is 9.35. The predicted octanol–water partition coefficient (Wildman–Crippen LogP) is -0.229. The average Bonchev–Trinajstić information content (AvgIpc) is 2.44. The highest BCUT2D eigenvalue weighted by Crippen LogP contribution is 2.22. The Balaban J connectivity index is 2.61. The Morgan fingerprint density at radius 1 is 1.20 bits per heavy atom. The van der Waals surface area contributed by atoms with Crippen molar-refractivity contribution in [2.24, 2.45) is 5.73 Å². The lowest BCUT2D eigenvalue weighted by Gasteiger charge is -1.99. The lowest BCUT2D eigenvalue weighted by Crippen LogP contribution is -2.25. The van der Waals surface area contributed by atoms with Crippen molar-refractivity contribution >= 4 is 17.7 Å². The maximum absolute atomic E-state index is 11.3. The molecule has 0 aliphatic carbocycles. The molecule has 1 aliphatic rings. The number of hydroxylamine groups is 2. The summed E-state index contributed by atoms with van der Waals surface area (Å²) >= 11 is 0. The van der Waals surface area contributed by atoms with Crippen LogP contribution in [0.1, 0.15) is 31.1 Å². The lowest BCUT2D eigenvalue weighted by atomic mass is 10.1. The maximum atomic E-state index is 11.3.